The summed E-state index contributed by atoms with van der Waals surface area (Å²) in [6, 6.07) is 20.1. The quantitative estimate of drug-likeness (QED) is 0.177. The minimum Gasteiger partial charge on any atom is -0.489 e. The number of nitrogens with zero attached hydrogens (tertiary/aromatic N) is 2. The van der Waals surface area contributed by atoms with E-state index in [1.807, 2.05) is 30.3 Å². The van der Waals surface area contributed by atoms with Crippen LogP contribution in [0.1, 0.15) is 11.1 Å². The van der Waals surface area contributed by atoms with Crippen LogP contribution in [0.25, 0.3) is 6.08 Å². The zero-order valence-electron chi connectivity index (χ0n) is 16.4. The van der Waals surface area contributed by atoms with Gasteiger partial charge in [-0.25, -0.2) is 0 Å². The lowest BCUT2D eigenvalue weighted by atomic mass is 10.1. The molecule has 1 N–H and O–H groups in total. The first-order valence-corrected chi connectivity index (χ1v) is 10.4. The first-order chi connectivity index (χ1) is 15.4. The van der Waals surface area contributed by atoms with Crippen LogP contribution in [0.15, 0.2) is 76.8 Å². The Labute approximate surface area is 197 Å². The van der Waals surface area contributed by atoms with Gasteiger partial charge in [0.15, 0.2) is 0 Å². The number of anilines is 1. The van der Waals surface area contributed by atoms with Crippen LogP contribution in [-0.4, -0.2) is 10.8 Å². The maximum absolute atomic E-state index is 12.5. The maximum Gasteiger partial charge on any atom is 0.271 e. The Balaban J connectivity index is 1.68. The second kappa shape index (κ2) is 10.6. The number of non-ortho nitro benzene ring substituents is 1. The smallest absolute Gasteiger partial charge is 0.271 e. The molecule has 9 heteroatoms. The third kappa shape index (κ3) is 6.17. The number of amides is 1. The van der Waals surface area contributed by atoms with Crippen molar-refractivity contribution in [2.75, 3.05) is 5.32 Å². The molecule has 160 valence electrons. The Morgan fingerprint density at radius 1 is 1.16 bits per heavy atom. The van der Waals surface area contributed by atoms with Crippen LogP contribution in [0, 0.1) is 21.4 Å². The normalized spacial score (nSPS) is 10.8. The molecule has 3 rings (SSSR count). The fourth-order valence-corrected chi connectivity index (χ4v) is 3.06. The molecule has 0 aliphatic heterocycles. The molecule has 0 aliphatic rings. The zero-order chi connectivity index (χ0) is 23.1. The number of halogens is 2. The number of nitriles is 1. The van der Waals surface area contributed by atoms with E-state index in [9.17, 15) is 20.2 Å². The van der Waals surface area contributed by atoms with Gasteiger partial charge in [-0.3, -0.25) is 14.9 Å². The Hall–Kier alpha value is -3.67. The summed E-state index contributed by atoms with van der Waals surface area (Å²) in [5.41, 5.74) is 1.25. The van der Waals surface area contributed by atoms with Gasteiger partial charge in [0.05, 0.1) is 15.6 Å². The van der Waals surface area contributed by atoms with Crippen LogP contribution < -0.4 is 10.1 Å². The highest BCUT2D eigenvalue weighted by molar-refractivity contribution is 9.10. The molecule has 0 atom stereocenters. The molecule has 7 nitrogen and oxygen atoms in total. The molecule has 0 radical (unpaired) electrons. The molecule has 3 aromatic rings. The van der Waals surface area contributed by atoms with E-state index in [4.69, 9.17) is 16.3 Å². The van der Waals surface area contributed by atoms with E-state index >= 15 is 0 Å². The fourth-order valence-electron chi connectivity index (χ4n) is 2.64. The summed E-state index contributed by atoms with van der Waals surface area (Å²) in [7, 11) is 0. The van der Waals surface area contributed by atoms with Crippen LogP contribution in [-0.2, 0) is 11.4 Å². The highest BCUT2D eigenvalue weighted by Gasteiger charge is 2.15. The standard InChI is InChI=1S/C23H15BrClN3O4/c24-18-5-1-16(2-6-18)14-32-20-8-3-15(4-9-20)11-17(13-26)23(29)27-22-12-19(28(30)31)7-10-21(22)25/h1-12H,14H2,(H,27,29)/b17-11+. The van der Waals surface area contributed by atoms with Crippen LogP contribution in [0.4, 0.5) is 11.4 Å². The Bertz CT molecular complexity index is 1220. The van der Waals surface area contributed by atoms with Crippen molar-refractivity contribution < 1.29 is 14.5 Å². The average molecular weight is 513 g/mol. The van der Waals surface area contributed by atoms with Gasteiger partial charge >= 0.3 is 0 Å². The predicted octanol–water partition coefficient (Wildman–Crippen LogP) is 6.14. The van der Waals surface area contributed by atoms with Crippen molar-refractivity contribution in [2.24, 2.45) is 0 Å². The molecule has 0 unspecified atom stereocenters. The number of nitro benzene ring substituents is 1. The van der Waals surface area contributed by atoms with E-state index in [-0.39, 0.29) is 22.0 Å². The molecular formula is C23H15BrClN3O4. The van der Waals surface area contributed by atoms with Crippen LogP contribution >= 0.6 is 27.5 Å². The summed E-state index contributed by atoms with van der Waals surface area (Å²) in [6.07, 6.45) is 1.40. The van der Waals surface area contributed by atoms with E-state index in [0.717, 1.165) is 16.1 Å². The lowest BCUT2D eigenvalue weighted by molar-refractivity contribution is -0.384. The van der Waals surface area contributed by atoms with E-state index in [2.05, 4.69) is 21.2 Å². The van der Waals surface area contributed by atoms with Crippen molar-refractivity contribution in [3.63, 3.8) is 0 Å². The summed E-state index contributed by atoms with van der Waals surface area (Å²) in [4.78, 5) is 22.8. The number of rotatable bonds is 7. The number of hydrogen-bond donors (Lipinski definition) is 1. The first kappa shape index (κ1) is 23.0. The van der Waals surface area contributed by atoms with Gasteiger partial charge in [0, 0.05) is 16.6 Å². The third-order valence-electron chi connectivity index (χ3n) is 4.28. The second-order valence-electron chi connectivity index (χ2n) is 6.53. The second-order valence-corrected chi connectivity index (χ2v) is 7.85. The summed E-state index contributed by atoms with van der Waals surface area (Å²) < 4.78 is 6.73. The summed E-state index contributed by atoms with van der Waals surface area (Å²) in [6.45, 7) is 0.401. The van der Waals surface area contributed by atoms with Crippen LogP contribution in [0.5, 0.6) is 5.75 Å². The molecule has 3 aromatic carbocycles. The molecule has 0 bridgehead atoms. The lowest BCUT2D eigenvalue weighted by Gasteiger charge is -2.08. The molecule has 0 heterocycles. The van der Waals surface area contributed by atoms with Crippen molar-refractivity contribution >= 4 is 50.9 Å². The highest BCUT2D eigenvalue weighted by atomic mass is 79.9. The van der Waals surface area contributed by atoms with E-state index in [0.29, 0.717) is 17.9 Å². The van der Waals surface area contributed by atoms with Gasteiger partial charge in [0.1, 0.15) is 24.0 Å². The topological polar surface area (TPSA) is 105 Å². The molecule has 1 amide bonds. The number of ether oxygens (including phenoxy) is 1. The monoisotopic (exact) mass is 511 g/mol. The lowest BCUT2D eigenvalue weighted by Crippen LogP contribution is -2.14. The molecule has 0 spiro atoms. The molecule has 0 fully saturated rings. The van der Waals surface area contributed by atoms with Crippen LogP contribution in [0.2, 0.25) is 5.02 Å². The summed E-state index contributed by atoms with van der Waals surface area (Å²) in [5.74, 6) is -0.0955. The summed E-state index contributed by atoms with van der Waals surface area (Å²) >= 11 is 9.38. The van der Waals surface area contributed by atoms with Crippen molar-refractivity contribution in [3.05, 3.63) is 103 Å². The van der Waals surface area contributed by atoms with Gasteiger partial charge in [-0.1, -0.05) is 51.8 Å². The number of nitro groups is 1. The highest BCUT2D eigenvalue weighted by Crippen LogP contribution is 2.27. The summed E-state index contributed by atoms with van der Waals surface area (Å²) in [5, 5.41) is 22.9. The Morgan fingerprint density at radius 2 is 1.84 bits per heavy atom. The van der Waals surface area contributed by atoms with Gasteiger partial charge in [-0.05, 0) is 47.5 Å². The van der Waals surface area contributed by atoms with Crippen molar-refractivity contribution in [1.82, 2.24) is 0 Å². The van der Waals surface area contributed by atoms with Crippen molar-refractivity contribution in [3.8, 4) is 11.8 Å². The van der Waals surface area contributed by atoms with Gasteiger partial charge in [-0.2, -0.15) is 5.26 Å². The molecule has 0 aromatic heterocycles. The number of hydrogen-bond acceptors (Lipinski definition) is 5. The number of nitrogens with one attached hydrogen (secondary N) is 1. The van der Waals surface area contributed by atoms with E-state index in [1.165, 1.54) is 18.2 Å². The number of carbonyl (C=O) groups is 1. The molecule has 0 saturated heterocycles. The van der Waals surface area contributed by atoms with E-state index in [1.54, 1.807) is 24.3 Å². The Kier molecular flexibility index (Phi) is 7.60. The van der Waals surface area contributed by atoms with Gasteiger partial charge < -0.3 is 10.1 Å². The van der Waals surface area contributed by atoms with Gasteiger partial charge in [0.2, 0.25) is 0 Å². The van der Waals surface area contributed by atoms with Gasteiger partial charge in [0.25, 0.3) is 11.6 Å². The zero-order valence-corrected chi connectivity index (χ0v) is 18.8. The third-order valence-corrected chi connectivity index (χ3v) is 5.14. The largest absolute Gasteiger partial charge is 0.489 e. The van der Waals surface area contributed by atoms with Crippen molar-refractivity contribution in [1.29, 1.82) is 5.26 Å². The van der Waals surface area contributed by atoms with E-state index < -0.39 is 10.8 Å². The SMILES string of the molecule is N#C/C(=C\c1ccc(OCc2ccc(Br)cc2)cc1)C(=O)Nc1cc([N+](=O)[O-])ccc1Cl. The minimum atomic E-state index is -0.731. The molecule has 0 aliphatic carbocycles. The molecule has 32 heavy (non-hydrogen) atoms. The first-order valence-electron chi connectivity index (χ1n) is 9.20. The van der Waals surface area contributed by atoms with Gasteiger partial charge in [-0.15, -0.1) is 0 Å². The number of benzene rings is 3. The predicted molar refractivity (Wildman–Crippen MR) is 125 cm³/mol. The molecule has 0 saturated carbocycles. The number of carbonyl (C=O) groups excluding carboxylic acids is 1. The van der Waals surface area contributed by atoms with Crippen LogP contribution in [0.3, 0.4) is 0 Å². The molecular weight excluding hydrogens is 498 g/mol. The Morgan fingerprint density at radius 3 is 2.47 bits per heavy atom. The minimum absolute atomic E-state index is 0.0451. The average Bonchev–Trinajstić information content (AvgIpc) is 2.79. The van der Waals surface area contributed by atoms with Crippen molar-refractivity contribution in [2.45, 2.75) is 6.61 Å². The maximum atomic E-state index is 12.5. The fraction of sp³-hybridized carbons (Fsp3) is 0.0435.